The fourth-order valence-electron chi connectivity index (χ4n) is 3.44. The van der Waals surface area contributed by atoms with Crippen molar-refractivity contribution in [3.05, 3.63) is 65.3 Å². The van der Waals surface area contributed by atoms with Gasteiger partial charge in [0, 0.05) is 17.7 Å². The number of hydrogen-bond acceptors (Lipinski definition) is 4. The van der Waals surface area contributed by atoms with Crippen molar-refractivity contribution in [1.82, 2.24) is 0 Å². The molecular weight excluding hydrogens is 354 g/mol. The van der Waals surface area contributed by atoms with Gasteiger partial charge in [-0.05, 0) is 51.0 Å². The Balaban J connectivity index is 1.73. The van der Waals surface area contributed by atoms with E-state index in [2.05, 4.69) is 5.32 Å². The summed E-state index contributed by atoms with van der Waals surface area (Å²) in [5, 5.41) is 2.68. The normalized spacial score (nSPS) is 21.6. The molecule has 5 heteroatoms. The molecule has 0 bridgehead atoms. The van der Waals surface area contributed by atoms with Crippen molar-refractivity contribution >= 4 is 23.3 Å². The third-order valence-corrected chi connectivity index (χ3v) is 4.84. The Labute approximate surface area is 165 Å². The molecule has 0 radical (unpaired) electrons. The summed E-state index contributed by atoms with van der Waals surface area (Å²) < 4.78 is 5.23. The first-order valence-corrected chi connectivity index (χ1v) is 9.38. The van der Waals surface area contributed by atoms with E-state index in [0.717, 1.165) is 5.56 Å². The van der Waals surface area contributed by atoms with Crippen molar-refractivity contribution in [3.63, 3.8) is 0 Å². The summed E-state index contributed by atoms with van der Waals surface area (Å²) in [5.74, 6) is -0.743. The Bertz CT molecular complexity index is 898. The summed E-state index contributed by atoms with van der Waals surface area (Å²) in [4.78, 5) is 37.4. The number of carbonyl (C=O) groups excluding carboxylic acids is 3. The SMILES string of the molecule is CC1=C(Cc2ccc(NC(=O)OC(C)(C)C)cc2)C(=O)C2C=CC=CC2C1=O. The fourth-order valence-corrected chi connectivity index (χ4v) is 3.44. The van der Waals surface area contributed by atoms with Crippen molar-refractivity contribution < 1.29 is 19.1 Å². The van der Waals surface area contributed by atoms with E-state index in [1.54, 1.807) is 39.8 Å². The second-order valence-electron chi connectivity index (χ2n) is 8.15. The van der Waals surface area contributed by atoms with Gasteiger partial charge in [0.1, 0.15) is 5.60 Å². The smallest absolute Gasteiger partial charge is 0.412 e. The van der Waals surface area contributed by atoms with Gasteiger partial charge >= 0.3 is 6.09 Å². The summed E-state index contributed by atoms with van der Waals surface area (Å²) >= 11 is 0. The van der Waals surface area contributed by atoms with Crippen molar-refractivity contribution in [3.8, 4) is 0 Å². The highest BCUT2D eigenvalue weighted by Gasteiger charge is 2.39. The van der Waals surface area contributed by atoms with Crippen molar-refractivity contribution in [2.45, 2.75) is 39.7 Å². The number of ketones is 2. The summed E-state index contributed by atoms with van der Waals surface area (Å²) in [6.45, 7) is 7.14. The topological polar surface area (TPSA) is 72.5 Å². The minimum absolute atomic E-state index is 0.0126. The minimum Gasteiger partial charge on any atom is -0.444 e. The van der Waals surface area contributed by atoms with E-state index in [-0.39, 0.29) is 17.5 Å². The Morgan fingerprint density at radius 1 is 1.00 bits per heavy atom. The molecule has 2 atom stereocenters. The largest absolute Gasteiger partial charge is 0.444 e. The van der Waals surface area contributed by atoms with Crippen LogP contribution in [0.3, 0.4) is 0 Å². The van der Waals surface area contributed by atoms with Gasteiger partial charge in [-0.15, -0.1) is 0 Å². The molecule has 0 heterocycles. The van der Waals surface area contributed by atoms with Gasteiger partial charge in [0.05, 0.1) is 11.8 Å². The molecule has 0 saturated carbocycles. The van der Waals surface area contributed by atoms with Gasteiger partial charge in [-0.25, -0.2) is 4.79 Å². The predicted octanol–water partition coefficient (Wildman–Crippen LogP) is 4.40. The summed E-state index contributed by atoms with van der Waals surface area (Å²) in [5.41, 5.74) is 2.05. The molecule has 1 N–H and O–H groups in total. The van der Waals surface area contributed by atoms with E-state index in [1.807, 2.05) is 36.4 Å². The number of anilines is 1. The summed E-state index contributed by atoms with van der Waals surface area (Å²) in [7, 11) is 0. The molecule has 1 aromatic carbocycles. The van der Waals surface area contributed by atoms with Crippen LogP contribution in [0.1, 0.15) is 33.3 Å². The number of benzene rings is 1. The third kappa shape index (κ3) is 4.30. The highest BCUT2D eigenvalue weighted by Crippen LogP contribution is 2.34. The van der Waals surface area contributed by atoms with Gasteiger partial charge in [0.2, 0.25) is 0 Å². The molecule has 2 aliphatic rings. The maximum atomic E-state index is 12.9. The van der Waals surface area contributed by atoms with Gasteiger partial charge < -0.3 is 4.74 Å². The van der Waals surface area contributed by atoms with E-state index < -0.39 is 17.6 Å². The predicted molar refractivity (Wildman–Crippen MR) is 108 cm³/mol. The lowest BCUT2D eigenvalue weighted by Crippen LogP contribution is -2.36. The molecule has 0 saturated heterocycles. The van der Waals surface area contributed by atoms with E-state index >= 15 is 0 Å². The molecule has 28 heavy (non-hydrogen) atoms. The Kier molecular flexibility index (Phi) is 5.36. The zero-order chi connectivity index (χ0) is 20.5. The number of Topliss-reactive ketones (excluding diaryl/α,β-unsaturated/α-hetero) is 2. The van der Waals surface area contributed by atoms with Gasteiger partial charge in [0.25, 0.3) is 0 Å². The molecule has 146 valence electrons. The molecule has 0 aliphatic heterocycles. The second kappa shape index (κ2) is 7.58. The lowest BCUT2D eigenvalue weighted by atomic mass is 9.71. The summed E-state index contributed by atoms with van der Waals surface area (Å²) in [6, 6.07) is 7.20. The number of rotatable bonds is 3. The highest BCUT2D eigenvalue weighted by molar-refractivity contribution is 6.15. The monoisotopic (exact) mass is 379 g/mol. The number of ether oxygens (including phenoxy) is 1. The van der Waals surface area contributed by atoms with Crippen LogP contribution in [-0.4, -0.2) is 23.3 Å². The van der Waals surface area contributed by atoms with Gasteiger partial charge in [-0.3, -0.25) is 14.9 Å². The molecule has 2 aliphatic carbocycles. The molecular formula is C23H25NO4. The molecule has 5 nitrogen and oxygen atoms in total. The number of allylic oxidation sites excluding steroid dienone is 6. The third-order valence-electron chi connectivity index (χ3n) is 4.84. The molecule has 3 rings (SSSR count). The van der Waals surface area contributed by atoms with Crippen LogP contribution >= 0.6 is 0 Å². The van der Waals surface area contributed by atoms with Crippen LogP contribution in [0.5, 0.6) is 0 Å². The van der Waals surface area contributed by atoms with Crippen LogP contribution in [0, 0.1) is 11.8 Å². The quantitative estimate of drug-likeness (QED) is 0.845. The molecule has 0 fully saturated rings. The number of carbonyl (C=O) groups is 3. The van der Waals surface area contributed by atoms with Crippen LogP contribution in [0.15, 0.2) is 59.7 Å². The average Bonchev–Trinajstić information content (AvgIpc) is 2.63. The second-order valence-corrected chi connectivity index (χ2v) is 8.15. The van der Waals surface area contributed by atoms with E-state index in [9.17, 15) is 14.4 Å². The number of fused-ring (bicyclic) bond motifs is 1. The lowest BCUT2D eigenvalue weighted by molar-refractivity contribution is -0.127. The first-order valence-electron chi connectivity index (χ1n) is 9.38. The lowest BCUT2D eigenvalue weighted by Gasteiger charge is -2.29. The molecule has 0 spiro atoms. The van der Waals surface area contributed by atoms with Crippen LogP contribution in [-0.2, 0) is 20.7 Å². The molecule has 0 aromatic heterocycles. The minimum atomic E-state index is -0.567. The van der Waals surface area contributed by atoms with Crippen molar-refractivity contribution in [1.29, 1.82) is 0 Å². The first kappa shape index (κ1) is 19.8. The van der Waals surface area contributed by atoms with Gasteiger partial charge in [-0.2, -0.15) is 0 Å². The van der Waals surface area contributed by atoms with Crippen LogP contribution in [0.25, 0.3) is 0 Å². The Morgan fingerprint density at radius 2 is 1.57 bits per heavy atom. The maximum Gasteiger partial charge on any atom is 0.412 e. The number of hydrogen-bond donors (Lipinski definition) is 1. The Morgan fingerprint density at radius 3 is 2.14 bits per heavy atom. The average molecular weight is 379 g/mol. The highest BCUT2D eigenvalue weighted by atomic mass is 16.6. The zero-order valence-corrected chi connectivity index (χ0v) is 16.6. The van der Waals surface area contributed by atoms with E-state index in [0.29, 0.717) is 23.3 Å². The number of amides is 1. The van der Waals surface area contributed by atoms with Crippen LogP contribution in [0.2, 0.25) is 0 Å². The van der Waals surface area contributed by atoms with Crippen molar-refractivity contribution in [2.24, 2.45) is 11.8 Å². The zero-order valence-electron chi connectivity index (χ0n) is 16.6. The Hall–Kier alpha value is -2.95. The van der Waals surface area contributed by atoms with E-state index in [4.69, 9.17) is 4.74 Å². The first-order chi connectivity index (χ1) is 13.2. The fraction of sp³-hybridized carbons (Fsp3) is 0.348. The number of nitrogens with one attached hydrogen (secondary N) is 1. The van der Waals surface area contributed by atoms with Gasteiger partial charge in [0.15, 0.2) is 11.6 Å². The van der Waals surface area contributed by atoms with Crippen molar-refractivity contribution in [2.75, 3.05) is 5.32 Å². The maximum absolute atomic E-state index is 12.9. The van der Waals surface area contributed by atoms with Crippen LogP contribution in [0.4, 0.5) is 10.5 Å². The molecule has 1 aromatic rings. The molecule has 1 amide bonds. The molecule has 2 unspecified atom stereocenters. The van der Waals surface area contributed by atoms with Crippen LogP contribution < -0.4 is 5.32 Å². The van der Waals surface area contributed by atoms with E-state index in [1.165, 1.54) is 0 Å². The van der Waals surface area contributed by atoms with Gasteiger partial charge in [-0.1, -0.05) is 36.4 Å². The summed E-state index contributed by atoms with van der Waals surface area (Å²) in [6.07, 6.45) is 7.13. The standard InChI is InChI=1S/C23H25NO4/c1-14-19(21(26)18-8-6-5-7-17(18)20(14)25)13-15-9-11-16(12-10-15)24-22(27)28-23(2,3)4/h5-12,17-18H,13H2,1-4H3,(H,24,27).